The highest BCUT2D eigenvalue weighted by molar-refractivity contribution is 6.33. The summed E-state index contributed by atoms with van der Waals surface area (Å²) in [5, 5.41) is 12.6. The van der Waals surface area contributed by atoms with Gasteiger partial charge < -0.3 is 19.7 Å². The third kappa shape index (κ3) is 6.86. The molecule has 0 bridgehead atoms. The first-order chi connectivity index (χ1) is 19.2. The van der Waals surface area contributed by atoms with Gasteiger partial charge in [0.05, 0.1) is 23.6 Å². The van der Waals surface area contributed by atoms with Gasteiger partial charge in [-0.2, -0.15) is 0 Å². The number of aromatic nitrogens is 3. The third-order valence-corrected chi connectivity index (χ3v) is 7.41. The number of nitrogens with one attached hydrogen (secondary N) is 1. The van der Waals surface area contributed by atoms with Gasteiger partial charge in [-0.05, 0) is 108 Å². The van der Waals surface area contributed by atoms with Crippen molar-refractivity contribution in [3.63, 3.8) is 0 Å². The molecule has 210 valence electrons. The van der Waals surface area contributed by atoms with Crippen LogP contribution in [0.15, 0.2) is 54.3 Å². The molecule has 1 aromatic heterocycles. The van der Waals surface area contributed by atoms with E-state index in [1.54, 1.807) is 18.2 Å². The van der Waals surface area contributed by atoms with Gasteiger partial charge in [0.1, 0.15) is 11.3 Å². The molecule has 0 amide bonds. The molecule has 40 heavy (non-hydrogen) atoms. The van der Waals surface area contributed by atoms with Gasteiger partial charge in [0, 0.05) is 22.8 Å². The van der Waals surface area contributed by atoms with Crippen LogP contribution in [0.5, 0.6) is 5.75 Å². The zero-order valence-electron chi connectivity index (χ0n) is 23.5. The van der Waals surface area contributed by atoms with Gasteiger partial charge in [-0.3, -0.25) is 4.79 Å². The summed E-state index contributed by atoms with van der Waals surface area (Å²) in [5.74, 6) is 0.560. The van der Waals surface area contributed by atoms with Crippen molar-refractivity contribution < 1.29 is 14.3 Å². The SMILES string of the molecule is Cc1cc(-c2cc(OC(=O)C(C)(C)C)ccc2Cl)cc2nnc(NC3=CCC(OCCN4CCCC4)C=C3)nc12. The fraction of sp³-hybridized carbons (Fsp3) is 0.419. The second-order valence-electron chi connectivity index (χ2n) is 11.4. The van der Waals surface area contributed by atoms with Crippen LogP contribution in [0.3, 0.4) is 0 Å². The van der Waals surface area contributed by atoms with E-state index < -0.39 is 5.41 Å². The van der Waals surface area contributed by atoms with Crippen LogP contribution >= 0.6 is 11.6 Å². The number of esters is 1. The predicted molar refractivity (Wildman–Crippen MR) is 158 cm³/mol. The van der Waals surface area contributed by atoms with Gasteiger partial charge in [-0.15, -0.1) is 10.2 Å². The Hall–Kier alpha value is -3.33. The van der Waals surface area contributed by atoms with Gasteiger partial charge in [-0.25, -0.2) is 4.98 Å². The highest BCUT2D eigenvalue weighted by Gasteiger charge is 2.24. The first kappa shape index (κ1) is 28.2. The Labute approximate surface area is 240 Å². The Morgan fingerprint density at radius 3 is 2.67 bits per heavy atom. The zero-order valence-corrected chi connectivity index (χ0v) is 24.3. The van der Waals surface area contributed by atoms with Crippen LogP contribution in [0, 0.1) is 12.3 Å². The van der Waals surface area contributed by atoms with E-state index in [1.165, 1.54) is 25.9 Å². The highest BCUT2D eigenvalue weighted by atomic mass is 35.5. The topological polar surface area (TPSA) is 89.5 Å². The number of rotatable bonds is 8. The van der Waals surface area contributed by atoms with Crippen molar-refractivity contribution in [2.45, 2.75) is 53.1 Å². The van der Waals surface area contributed by atoms with Crippen LogP contribution in [0.4, 0.5) is 5.95 Å². The molecule has 1 fully saturated rings. The summed E-state index contributed by atoms with van der Waals surface area (Å²) in [6.45, 7) is 11.6. The van der Waals surface area contributed by atoms with Crippen molar-refractivity contribution in [1.29, 1.82) is 0 Å². The summed E-state index contributed by atoms with van der Waals surface area (Å²) < 4.78 is 11.6. The van der Waals surface area contributed by atoms with E-state index in [0.717, 1.165) is 47.5 Å². The Bertz CT molecular complexity index is 1460. The summed E-state index contributed by atoms with van der Waals surface area (Å²) in [6, 6.07) is 9.09. The maximum Gasteiger partial charge on any atom is 0.316 e. The Morgan fingerprint density at radius 2 is 1.95 bits per heavy atom. The standard InChI is InChI=1S/C31H36ClN5O3/c1-20-17-21(25-19-24(11-12-26(25)32)40-29(38)31(2,3)4)18-27-28(20)34-30(36-35-27)33-22-7-9-23(10-8-22)39-16-15-37-13-5-6-14-37/h7-9,11-12,17-19,23H,5-6,10,13-16H2,1-4H3,(H,33,34,36). The number of aryl methyl sites for hydroxylation is 1. The molecule has 1 aliphatic carbocycles. The minimum Gasteiger partial charge on any atom is -0.426 e. The molecule has 2 heterocycles. The summed E-state index contributed by atoms with van der Waals surface area (Å²) in [5.41, 5.74) is 4.21. The monoisotopic (exact) mass is 561 g/mol. The third-order valence-electron chi connectivity index (χ3n) is 7.08. The second kappa shape index (κ2) is 12.0. The molecular formula is C31H36ClN5O3. The number of allylic oxidation sites excluding steroid dienone is 1. The molecule has 9 heteroatoms. The number of carbonyl (C=O) groups excluding carboxylic acids is 1. The van der Waals surface area contributed by atoms with E-state index in [2.05, 4.69) is 32.6 Å². The van der Waals surface area contributed by atoms with Crippen molar-refractivity contribution >= 4 is 34.6 Å². The summed E-state index contributed by atoms with van der Waals surface area (Å²) in [7, 11) is 0. The number of hydrogen-bond donors (Lipinski definition) is 1. The van der Waals surface area contributed by atoms with Crippen LogP contribution in [0.1, 0.15) is 45.6 Å². The van der Waals surface area contributed by atoms with E-state index in [1.807, 2.05) is 45.9 Å². The summed E-state index contributed by atoms with van der Waals surface area (Å²) in [6.07, 6.45) is 9.67. The molecule has 0 saturated carbocycles. The van der Waals surface area contributed by atoms with Crippen molar-refractivity contribution in [3.05, 3.63) is 64.8 Å². The number of nitrogens with zero attached hydrogens (tertiary/aromatic N) is 4. The Kier molecular flexibility index (Phi) is 8.49. The molecule has 5 rings (SSSR count). The quantitative estimate of drug-likeness (QED) is 0.252. The number of anilines is 1. The van der Waals surface area contributed by atoms with Crippen LogP contribution in [-0.4, -0.2) is 58.4 Å². The average Bonchev–Trinajstić information content (AvgIpc) is 3.44. The summed E-state index contributed by atoms with van der Waals surface area (Å²) >= 11 is 6.54. The Balaban J connectivity index is 1.26. The molecule has 2 aromatic carbocycles. The molecule has 1 atom stereocenters. The van der Waals surface area contributed by atoms with Crippen molar-refractivity contribution in [2.24, 2.45) is 5.41 Å². The minimum atomic E-state index is -0.613. The fourth-order valence-electron chi connectivity index (χ4n) is 4.76. The van der Waals surface area contributed by atoms with Crippen LogP contribution in [0.2, 0.25) is 5.02 Å². The smallest absolute Gasteiger partial charge is 0.316 e. The van der Waals surface area contributed by atoms with E-state index >= 15 is 0 Å². The molecular weight excluding hydrogens is 526 g/mol. The minimum absolute atomic E-state index is 0.0896. The first-order valence-electron chi connectivity index (χ1n) is 13.8. The maximum absolute atomic E-state index is 12.4. The van der Waals surface area contributed by atoms with E-state index in [4.69, 9.17) is 26.1 Å². The zero-order chi connectivity index (χ0) is 28.3. The number of halogens is 1. The lowest BCUT2D eigenvalue weighted by atomic mass is 9.97. The molecule has 3 aromatic rings. The van der Waals surface area contributed by atoms with Gasteiger partial charge in [0.15, 0.2) is 0 Å². The lowest BCUT2D eigenvalue weighted by Crippen LogP contribution is -2.26. The molecule has 1 aliphatic heterocycles. The summed E-state index contributed by atoms with van der Waals surface area (Å²) in [4.78, 5) is 19.6. The molecule has 0 spiro atoms. The molecule has 2 aliphatic rings. The molecule has 0 radical (unpaired) electrons. The number of hydrogen-bond acceptors (Lipinski definition) is 8. The van der Waals surface area contributed by atoms with E-state index in [9.17, 15) is 4.79 Å². The van der Waals surface area contributed by atoms with Crippen LogP contribution in [-0.2, 0) is 9.53 Å². The average molecular weight is 562 g/mol. The largest absolute Gasteiger partial charge is 0.426 e. The number of likely N-dealkylation sites (tertiary alicyclic amines) is 1. The Morgan fingerprint density at radius 1 is 1.15 bits per heavy atom. The van der Waals surface area contributed by atoms with Crippen molar-refractivity contribution in [1.82, 2.24) is 20.1 Å². The number of benzene rings is 2. The molecule has 1 saturated heterocycles. The van der Waals surface area contributed by atoms with Gasteiger partial charge in [0.25, 0.3) is 0 Å². The maximum atomic E-state index is 12.4. The number of carbonyl (C=O) groups is 1. The lowest BCUT2D eigenvalue weighted by Gasteiger charge is -2.20. The second-order valence-corrected chi connectivity index (χ2v) is 11.8. The van der Waals surface area contributed by atoms with Gasteiger partial charge in [-0.1, -0.05) is 23.8 Å². The predicted octanol–water partition coefficient (Wildman–Crippen LogP) is 6.34. The molecule has 8 nitrogen and oxygen atoms in total. The normalized spacial score (nSPS) is 17.7. The number of fused-ring (bicyclic) bond motifs is 1. The number of ether oxygens (including phenoxy) is 2. The molecule has 1 unspecified atom stereocenters. The molecule has 1 N–H and O–H groups in total. The highest BCUT2D eigenvalue weighted by Crippen LogP contribution is 2.34. The van der Waals surface area contributed by atoms with E-state index in [0.29, 0.717) is 22.2 Å². The van der Waals surface area contributed by atoms with Gasteiger partial charge in [0.2, 0.25) is 5.95 Å². The first-order valence-corrected chi connectivity index (χ1v) is 14.2. The van der Waals surface area contributed by atoms with Crippen LogP contribution < -0.4 is 10.1 Å². The van der Waals surface area contributed by atoms with Crippen molar-refractivity contribution in [2.75, 3.05) is 31.6 Å². The van der Waals surface area contributed by atoms with Crippen LogP contribution in [0.25, 0.3) is 22.2 Å². The van der Waals surface area contributed by atoms with E-state index in [-0.39, 0.29) is 12.1 Å². The van der Waals surface area contributed by atoms with Crippen molar-refractivity contribution in [3.8, 4) is 16.9 Å². The van der Waals surface area contributed by atoms with Gasteiger partial charge >= 0.3 is 5.97 Å². The lowest BCUT2D eigenvalue weighted by molar-refractivity contribution is -0.142. The fourth-order valence-corrected chi connectivity index (χ4v) is 4.98.